The van der Waals surface area contributed by atoms with E-state index in [0.717, 1.165) is 16.7 Å². The molecule has 0 fully saturated rings. The SMILES string of the molecule is Cc1ccc(C(N)c2ccc(F)cc2C)c(F)c1. The van der Waals surface area contributed by atoms with Crippen LogP contribution in [0.5, 0.6) is 0 Å². The quantitative estimate of drug-likeness (QED) is 0.861. The van der Waals surface area contributed by atoms with Gasteiger partial charge in [0.2, 0.25) is 0 Å². The molecule has 3 heteroatoms. The number of hydrogen-bond acceptors (Lipinski definition) is 1. The first-order valence-electron chi connectivity index (χ1n) is 5.76. The van der Waals surface area contributed by atoms with Crippen molar-refractivity contribution in [1.82, 2.24) is 0 Å². The van der Waals surface area contributed by atoms with Gasteiger partial charge in [-0.2, -0.15) is 0 Å². The summed E-state index contributed by atoms with van der Waals surface area (Å²) < 4.78 is 26.9. The monoisotopic (exact) mass is 247 g/mol. The van der Waals surface area contributed by atoms with Gasteiger partial charge < -0.3 is 5.73 Å². The number of hydrogen-bond donors (Lipinski definition) is 1. The predicted octanol–water partition coefficient (Wildman–Crippen LogP) is 3.63. The fraction of sp³-hybridized carbons (Fsp3) is 0.200. The predicted molar refractivity (Wildman–Crippen MR) is 68.3 cm³/mol. The second kappa shape index (κ2) is 4.86. The number of nitrogens with two attached hydrogens (primary N) is 1. The second-order valence-electron chi connectivity index (χ2n) is 4.50. The molecule has 1 nitrogen and oxygen atoms in total. The fourth-order valence-corrected chi connectivity index (χ4v) is 2.04. The van der Waals surface area contributed by atoms with Gasteiger partial charge in [0.15, 0.2) is 0 Å². The summed E-state index contributed by atoms with van der Waals surface area (Å²) in [5, 5.41) is 0. The zero-order chi connectivity index (χ0) is 13.3. The van der Waals surface area contributed by atoms with Gasteiger partial charge in [-0.25, -0.2) is 8.78 Å². The molecule has 0 radical (unpaired) electrons. The molecule has 1 unspecified atom stereocenters. The summed E-state index contributed by atoms with van der Waals surface area (Å²) in [4.78, 5) is 0. The fourth-order valence-electron chi connectivity index (χ4n) is 2.04. The molecule has 0 aliphatic heterocycles. The highest BCUT2D eigenvalue weighted by atomic mass is 19.1. The summed E-state index contributed by atoms with van der Waals surface area (Å²) in [5.74, 6) is -0.640. The molecule has 18 heavy (non-hydrogen) atoms. The summed E-state index contributed by atoms with van der Waals surface area (Å²) in [5.41, 5.74) is 8.79. The van der Waals surface area contributed by atoms with Crippen molar-refractivity contribution in [1.29, 1.82) is 0 Å². The van der Waals surface area contributed by atoms with Crippen molar-refractivity contribution < 1.29 is 8.78 Å². The lowest BCUT2D eigenvalue weighted by molar-refractivity contribution is 0.596. The first-order valence-corrected chi connectivity index (χ1v) is 5.76. The largest absolute Gasteiger partial charge is 0.320 e. The minimum atomic E-state index is -0.578. The van der Waals surface area contributed by atoms with Crippen LogP contribution in [0.1, 0.15) is 28.3 Å². The molecule has 1 atom stereocenters. The van der Waals surface area contributed by atoms with Gasteiger partial charge in [0, 0.05) is 5.56 Å². The van der Waals surface area contributed by atoms with Gasteiger partial charge in [-0.05, 0) is 48.7 Å². The topological polar surface area (TPSA) is 26.0 Å². The molecule has 2 aromatic carbocycles. The maximum absolute atomic E-state index is 13.8. The van der Waals surface area contributed by atoms with Crippen LogP contribution in [0, 0.1) is 25.5 Å². The van der Waals surface area contributed by atoms with E-state index in [1.54, 1.807) is 19.1 Å². The van der Waals surface area contributed by atoms with Gasteiger partial charge in [-0.1, -0.05) is 18.2 Å². The van der Waals surface area contributed by atoms with Crippen LogP contribution in [0.4, 0.5) is 8.78 Å². The van der Waals surface area contributed by atoms with E-state index in [1.165, 1.54) is 18.2 Å². The Bertz CT molecular complexity index is 527. The summed E-state index contributed by atoms with van der Waals surface area (Å²) in [6.45, 7) is 3.59. The maximum atomic E-state index is 13.8. The molecule has 0 saturated heterocycles. The van der Waals surface area contributed by atoms with Crippen LogP contribution in [-0.4, -0.2) is 0 Å². The Morgan fingerprint density at radius 2 is 1.61 bits per heavy atom. The molecule has 0 aromatic heterocycles. The lowest BCUT2D eigenvalue weighted by Gasteiger charge is -2.16. The van der Waals surface area contributed by atoms with Gasteiger partial charge in [-0.15, -0.1) is 0 Å². The van der Waals surface area contributed by atoms with Crippen molar-refractivity contribution in [2.45, 2.75) is 19.9 Å². The van der Waals surface area contributed by atoms with Gasteiger partial charge in [-0.3, -0.25) is 0 Å². The van der Waals surface area contributed by atoms with Crippen molar-refractivity contribution in [2.24, 2.45) is 5.73 Å². The third-order valence-electron chi connectivity index (χ3n) is 3.06. The van der Waals surface area contributed by atoms with Crippen molar-refractivity contribution in [3.05, 3.63) is 70.3 Å². The molecule has 0 amide bonds. The minimum Gasteiger partial charge on any atom is -0.320 e. The van der Waals surface area contributed by atoms with E-state index in [1.807, 2.05) is 13.0 Å². The highest BCUT2D eigenvalue weighted by Crippen LogP contribution is 2.25. The molecule has 94 valence electrons. The molecular weight excluding hydrogens is 232 g/mol. The molecule has 2 rings (SSSR count). The minimum absolute atomic E-state index is 0.312. The van der Waals surface area contributed by atoms with Crippen LogP contribution in [0.2, 0.25) is 0 Å². The van der Waals surface area contributed by atoms with Crippen LogP contribution >= 0.6 is 0 Å². The highest BCUT2D eigenvalue weighted by Gasteiger charge is 2.15. The van der Waals surface area contributed by atoms with Crippen molar-refractivity contribution >= 4 is 0 Å². The van der Waals surface area contributed by atoms with E-state index in [2.05, 4.69) is 0 Å². The zero-order valence-electron chi connectivity index (χ0n) is 10.4. The van der Waals surface area contributed by atoms with E-state index in [9.17, 15) is 8.78 Å². The Balaban J connectivity index is 2.44. The van der Waals surface area contributed by atoms with Gasteiger partial charge in [0.05, 0.1) is 6.04 Å². The van der Waals surface area contributed by atoms with Crippen LogP contribution in [0.3, 0.4) is 0 Å². The lowest BCUT2D eigenvalue weighted by Crippen LogP contribution is -2.15. The van der Waals surface area contributed by atoms with Crippen molar-refractivity contribution in [2.75, 3.05) is 0 Å². The summed E-state index contributed by atoms with van der Waals surface area (Å²) in [7, 11) is 0. The number of halogens is 2. The lowest BCUT2D eigenvalue weighted by atomic mass is 9.95. The van der Waals surface area contributed by atoms with E-state index in [4.69, 9.17) is 5.73 Å². The van der Waals surface area contributed by atoms with Crippen molar-refractivity contribution in [3.8, 4) is 0 Å². The molecule has 0 spiro atoms. The Hall–Kier alpha value is -1.74. The Kier molecular flexibility index (Phi) is 3.43. The third kappa shape index (κ3) is 2.41. The number of aryl methyl sites for hydroxylation is 2. The van der Waals surface area contributed by atoms with Crippen LogP contribution < -0.4 is 5.73 Å². The van der Waals surface area contributed by atoms with Gasteiger partial charge >= 0.3 is 0 Å². The van der Waals surface area contributed by atoms with E-state index < -0.39 is 6.04 Å². The normalized spacial score (nSPS) is 12.5. The molecule has 0 bridgehead atoms. The second-order valence-corrected chi connectivity index (χ2v) is 4.50. The Morgan fingerprint density at radius 1 is 0.944 bits per heavy atom. The highest BCUT2D eigenvalue weighted by molar-refractivity contribution is 5.38. The first kappa shape index (κ1) is 12.7. The molecule has 0 heterocycles. The maximum Gasteiger partial charge on any atom is 0.128 e. The summed E-state index contributed by atoms with van der Waals surface area (Å²) in [6, 6.07) is 8.72. The van der Waals surface area contributed by atoms with E-state index in [0.29, 0.717) is 5.56 Å². The number of benzene rings is 2. The molecular formula is C15H15F2N. The first-order chi connectivity index (χ1) is 8.49. The van der Waals surface area contributed by atoms with Crippen LogP contribution in [-0.2, 0) is 0 Å². The summed E-state index contributed by atoms with van der Waals surface area (Å²) in [6.07, 6.45) is 0. The van der Waals surface area contributed by atoms with Crippen LogP contribution in [0.15, 0.2) is 36.4 Å². The van der Waals surface area contributed by atoms with Gasteiger partial charge in [0.25, 0.3) is 0 Å². The molecule has 2 N–H and O–H groups in total. The molecule has 2 aromatic rings. The summed E-state index contributed by atoms with van der Waals surface area (Å²) >= 11 is 0. The Morgan fingerprint density at radius 3 is 2.22 bits per heavy atom. The number of rotatable bonds is 2. The van der Waals surface area contributed by atoms with Crippen LogP contribution in [0.25, 0.3) is 0 Å². The standard InChI is InChI=1S/C15H15F2N/c1-9-3-5-13(14(17)7-9)15(18)12-6-4-11(16)8-10(12)2/h3-8,15H,18H2,1-2H3. The molecule has 0 saturated carbocycles. The zero-order valence-corrected chi connectivity index (χ0v) is 10.4. The van der Waals surface area contributed by atoms with Gasteiger partial charge in [0.1, 0.15) is 11.6 Å². The smallest absolute Gasteiger partial charge is 0.128 e. The molecule has 0 aliphatic rings. The van der Waals surface area contributed by atoms with E-state index in [-0.39, 0.29) is 11.6 Å². The Labute approximate surface area is 105 Å². The van der Waals surface area contributed by atoms with Crippen molar-refractivity contribution in [3.63, 3.8) is 0 Å². The molecule has 0 aliphatic carbocycles. The van der Waals surface area contributed by atoms with E-state index >= 15 is 0 Å². The average molecular weight is 247 g/mol. The third-order valence-corrected chi connectivity index (χ3v) is 3.06. The average Bonchev–Trinajstić information content (AvgIpc) is 2.28.